The first-order chi connectivity index (χ1) is 9.06. The molecule has 1 unspecified atom stereocenters. The molecule has 1 atom stereocenters. The Morgan fingerprint density at radius 1 is 1.16 bits per heavy atom. The highest BCUT2D eigenvalue weighted by atomic mass is 32.1. The Labute approximate surface area is 126 Å². The molecule has 0 aromatic carbocycles. The first-order valence-electron chi connectivity index (χ1n) is 8.10. The van der Waals surface area contributed by atoms with Gasteiger partial charge in [-0.05, 0) is 57.5 Å². The van der Waals surface area contributed by atoms with Crippen LogP contribution in [0.2, 0.25) is 0 Å². The Hall–Kier alpha value is 0.270. The Kier molecular flexibility index (Phi) is 7.78. The van der Waals surface area contributed by atoms with E-state index in [0.717, 1.165) is 5.75 Å². The molecule has 3 heteroatoms. The predicted molar refractivity (Wildman–Crippen MR) is 89.3 cm³/mol. The minimum absolute atomic E-state index is 0.434. The van der Waals surface area contributed by atoms with Crippen molar-refractivity contribution in [2.75, 3.05) is 39.0 Å². The Balaban J connectivity index is 2.70. The lowest BCUT2D eigenvalue weighted by atomic mass is 9.80. The molecule has 1 heterocycles. The smallest absolute Gasteiger partial charge is 0.0195 e. The highest BCUT2D eigenvalue weighted by Crippen LogP contribution is 2.33. The van der Waals surface area contributed by atoms with Crippen LogP contribution in [0.5, 0.6) is 0 Å². The first-order valence-corrected chi connectivity index (χ1v) is 8.73. The van der Waals surface area contributed by atoms with Gasteiger partial charge in [0.1, 0.15) is 0 Å². The molecule has 0 N–H and O–H groups in total. The van der Waals surface area contributed by atoms with Crippen LogP contribution in [0.4, 0.5) is 0 Å². The summed E-state index contributed by atoms with van der Waals surface area (Å²) >= 11 is 4.71. The largest absolute Gasteiger partial charge is 0.305 e. The van der Waals surface area contributed by atoms with Gasteiger partial charge >= 0.3 is 0 Å². The van der Waals surface area contributed by atoms with Gasteiger partial charge in [0.15, 0.2) is 0 Å². The van der Waals surface area contributed by atoms with Crippen molar-refractivity contribution in [1.29, 1.82) is 0 Å². The molecule has 1 aliphatic heterocycles. The molecule has 0 aliphatic carbocycles. The summed E-state index contributed by atoms with van der Waals surface area (Å²) < 4.78 is 0. The van der Waals surface area contributed by atoms with E-state index in [0.29, 0.717) is 11.5 Å². The molecule has 0 spiro atoms. The molecule has 0 aromatic rings. The molecule has 0 saturated carbocycles. The molecule has 0 radical (unpaired) electrons. The van der Waals surface area contributed by atoms with E-state index in [1.54, 1.807) is 0 Å². The molecule has 1 saturated heterocycles. The van der Waals surface area contributed by atoms with Gasteiger partial charge < -0.3 is 4.90 Å². The highest BCUT2D eigenvalue weighted by molar-refractivity contribution is 7.80. The van der Waals surface area contributed by atoms with E-state index >= 15 is 0 Å². The molecular formula is C16H34N2S. The van der Waals surface area contributed by atoms with Crippen molar-refractivity contribution in [2.45, 2.75) is 58.9 Å². The Morgan fingerprint density at radius 3 is 2.32 bits per heavy atom. The molecule has 0 bridgehead atoms. The van der Waals surface area contributed by atoms with Gasteiger partial charge in [-0.15, -0.1) is 0 Å². The van der Waals surface area contributed by atoms with Crippen LogP contribution in [-0.2, 0) is 0 Å². The lowest BCUT2D eigenvalue weighted by Gasteiger charge is -2.39. The number of rotatable bonds is 7. The Morgan fingerprint density at radius 2 is 1.79 bits per heavy atom. The molecule has 19 heavy (non-hydrogen) atoms. The lowest BCUT2D eigenvalue weighted by Crippen LogP contribution is -2.45. The van der Waals surface area contributed by atoms with E-state index in [-0.39, 0.29) is 0 Å². The van der Waals surface area contributed by atoms with Crippen LogP contribution >= 0.6 is 12.6 Å². The zero-order valence-electron chi connectivity index (χ0n) is 13.5. The minimum Gasteiger partial charge on any atom is -0.305 e. The van der Waals surface area contributed by atoms with Gasteiger partial charge in [-0.25, -0.2) is 0 Å². The van der Waals surface area contributed by atoms with Crippen LogP contribution in [0.3, 0.4) is 0 Å². The molecule has 1 aliphatic rings. The van der Waals surface area contributed by atoms with Gasteiger partial charge in [0.05, 0.1) is 0 Å². The van der Waals surface area contributed by atoms with Crippen molar-refractivity contribution in [3.8, 4) is 0 Å². The molecule has 2 nitrogen and oxygen atoms in total. The van der Waals surface area contributed by atoms with Crippen LogP contribution in [-0.4, -0.2) is 54.8 Å². The van der Waals surface area contributed by atoms with E-state index in [1.165, 1.54) is 58.3 Å². The topological polar surface area (TPSA) is 6.48 Å². The van der Waals surface area contributed by atoms with Crippen molar-refractivity contribution in [3.63, 3.8) is 0 Å². The maximum atomic E-state index is 4.71. The van der Waals surface area contributed by atoms with E-state index in [9.17, 15) is 0 Å². The monoisotopic (exact) mass is 286 g/mol. The van der Waals surface area contributed by atoms with Crippen LogP contribution in [0.15, 0.2) is 0 Å². The second-order valence-corrected chi connectivity index (χ2v) is 6.91. The third-order valence-corrected chi connectivity index (χ3v) is 5.29. The minimum atomic E-state index is 0.434. The standard InChI is InChI=1S/C16H34N2S/c1-5-8-16(14-19,9-6-2)13-18-11-7-10-17(4)12-15(18)3/h15,19H,5-14H2,1-4H3. The van der Waals surface area contributed by atoms with Gasteiger partial charge in [0, 0.05) is 19.1 Å². The molecule has 114 valence electrons. The fourth-order valence-electron chi connectivity index (χ4n) is 3.64. The third kappa shape index (κ3) is 5.28. The average molecular weight is 287 g/mol. The van der Waals surface area contributed by atoms with Gasteiger partial charge in [0.2, 0.25) is 0 Å². The molecule has 1 rings (SSSR count). The van der Waals surface area contributed by atoms with Crippen LogP contribution in [0, 0.1) is 5.41 Å². The second kappa shape index (κ2) is 8.53. The first kappa shape index (κ1) is 17.3. The quantitative estimate of drug-likeness (QED) is 0.715. The summed E-state index contributed by atoms with van der Waals surface area (Å²) in [6.45, 7) is 12.0. The summed E-state index contributed by atoms with van der Waals surface area (Å²) in [5.74, 6) is 1.04. The summed E-state index contributed by atoms with van der Waals surface area (Å²) in [4.78, 5) is 5.21. The summed E-state index contributed by atoms with van der Waals surface area (Å²) in [5.41, 5.74) is 0.434. The van der Waals surface area contributed by atoms with E-state index in [2.05, 4.69) is 37.6 Å². The van der Waals surface area contributed by atoms with Gasteiger partial charge in [-0.3, -0.25) is 4.90 Å². The predicted octanol–water partition coefficient (Wildman–Crippen LogP) is 3.53. The van der Waals surface area contributed by atoms with E-state index in [4.69, 9.17) is 12.6 Å². The van der Waals surface area contributed by atoms with E-state index in [1.807, 2.05) is 0 Å². The summed E-state index contributed by atoms with van der Waals surface area (Å²) in [5, 5.41) is 0. The maximum Gasteiger partial charge on any atom is 0.0195 e. The molecular weight excluding hydrogens is 252 g/mol. The molecule has 0 aromatic heterocycles. The second-order valence-electron chi connectivity index (χ2n) is 6.59. The Bertz CT molecular complexity index is 239. The van der Waals surface area contributed by atoms with Crippen molar-refractivity contribution in [3.05, 3.63) is 0 Å². The zero-order valence-corrected chi connectivity index (χ0v) is 14.4. The third-order valence-electron chi connectivity index (χ3n) is 4.62. The fraction of sp³-hybridized carbons (Fsp3) is 1.00. The van der Waals surface area contributed by atoms with Crippen LogP contribution in [0.1, 0.15) is 52.9 Å². The lowest BCUT2D eigenvalue weighted by molar-refractivity contribution is 0.114. The number of likely N-dealkylation sites (N-methyl/N-ethyl adjacent to an activating group) is 1. The average Bonchev–Trinajstić information content (AvgIpc) is 2.52. The fourth-order valence-corrected chi connectivity index (χ4v) is 4.06. The summed E-state index contributed by atoms with van der Waals surface area (Å²) in [6, 6.07) is 0.681. The maximum absolute atomic E-state index is 4.71. The van der Waals surface area contributed by atoms with Gasteiger partial charge in [0.25, 0.3) is 0 Å². The number of nitrogens with zero attached hydrogens (tertiary/aromatic N) is 2. The van der Waals surface area contributed by atoms with Crippen LogP contribution in [0.25, 0.3) is 0 Å². The molecule has 0 amide bonds. The van der Waals surface area contributed by atoms with Crippen molar-refractivity contribution < 1.29 is 0 Å². The summed E-state index contributed by atoms with van der Waals surface area (Å²) in [6.07, 6.45) is 6.51. The SMILES string of the molecule is CCCC(CS)(CCC)CN1CCCN(C)CC1C. The zero-order chi connectivity index (χ0) is 14.3. The van der Waals surface area contributed by atoms with Crippen molar-refractivity contribution in [2.24, 2.45) is 5.41 Å². The summed E-state index contributed by atoms with van der Waals surface area (Å²) in [7, 11) is 2.25. The van der Waals surface area contributed by atoms with Crippen molar-refractivity contribution >= 4 is 12.6 Å². The van der Waals surface area contributed by atoms with Gasteiger partial charge in [-0.1, -0.05) is 26.7 Å². The highest BCUT2D eigenvalue weighted by Gasteiger charge is 2.32. The van der Waals surface area contributed by atoms with E-state index < -0.39 is 0 Å². The number of hydrogen-bond donors (Lipinski definition) is 1. The number of hydrogen-bond acceptors (Lipinski definition) is 3. The van der Waals surface area contributed by atoms with Crippen LogP contribution < -0.4 is 0 Å². The van der Waals surface area contributed by atoms with Gasteiger partial charge in [-0.2, -0.15) is 12.6 Å². The van der Waals surface area contributed by atoms with Crippen molar-refractivity contribution in [1.82, 2.24) is 9.80 Å². The normalized spacial score (nSPS) is 23.5. The number of thiol groups is 1. The molecule has 1 fully saturated rings.